The van der Waals surface area contributed by atoms with Gasteiger partial charge in [-0.2, -0.15) is 0 Å². The van der Waals surface area contributed by atoms with Crippen molar-refractivity contribution in [1.82, 2.24) is 5.32 Å². The highest BCUT2D eigenvalue weighted by Crippen LogP contribution is 2.10. The van der Waals surface area contributed by atoms with Crippen LogP contribution in [0.25, 0.3) is 0 Å². The number of hydrogen-bond acceptors (Lipinski definition) is 3. The number of benzene rings is 2. The third kappa shape index (κ3) is 5.22. The first-order chi connectivity index (χ1) is 11.1. The zero-order valence-electron chi connectivity index (χ0n) is 13.5. The van der Waals surface area contributed by atoms with E-state index in [-0.39, 0.29) is 11.8 Å². The Balaban J connectivity index is 2.18. The lowest BCUT2D eigenvalue weighted by molar-refractivity contribution is 0.104. The topological polar surface area (TPSA) is 53.0 Å². The lowest BCUT2D eigenvalue weighted by Gasteiger charge is -2.15. The van der Waals surface area contributed by atoms with Crippen molar-refractivity contribution in [3.05, 3.63) is 83.6 Å². The molecular weight excluding hydrogens is 284 g/mol. The van der Waals surface area contributed by atoms with E-state index in [1.165, 1.54) is 0 Å². The summed E-state index contributed by atoms with van der Waals surface area (Å²) in [4.78, 5) is 12.4. The summed E-state index contributed by atoms with van der Waals surface area (Å²) in [5.41, 5.74) is 2.78. The van der Waals surface area contributed by atoms with Gasteiger partial charge < -0.3 is 10.7 Å². The van der Waals surface area contributed by atoms with Crippen LogP contribution in [0.5, 0.6) is 0 Å². The normalized spacial score (nSPS) is 11.3. The maximum atomic E-state index is 12.4. The summed E-state index contributed by atoms with van der Waals surface area (Å²) in [6.45, 7) is 4.04. The molecule has 23 heavy (non-hydrogen) atoms. The fraction of sp³-hybridized carbons (Fsp3) is 0.200. The number of rotatable bonds is 7. The van der Waals surface area contributed by atoms with E-state index in [0.717, 1.165) is 11.3 Å². The van der Waals surface area contributed by atoms with Crippen molar-refractivity contribution in [3.63, 3.8) is 0 Å². The molecule has 0 fully saturated rings. The first kappa shape index (κ1) is 16.7. The van der Waals surface area contributed by atoms with Crippen LogP contribution in [0, 0.1) is 5.41 Å². The van der Waals surface area contributed by atoms with Gasteiger partial charge >= 0.3 is 0 Å². The van der Waals surface area contributed by atoms with Crippen LogP contribution in [0.1, 0.15) is 36.2 Å². The van der Waals surface area contributed by atoms with Gasteiger partial charge in [0.1, 0.15) is 0 Å². The largest absolute Gasteiger partial charge is 0.386 e. The fourth-order valence-corrected chi connectivity index (χ4v) is 2.29. The van der Waals surface area contributed by atoms with Gasteiger partial charge in [0.05, 0.1) is 0 Å². The molecule has 0 aliphatic carbocycles. The van der Waals surface area contributed by atoms with E-state index in [4.69, 9.17) is 5.41 Å². The van der Waals surface area contributed by atoms with Crippen LogP contribution < -0.4 is 5.32 Å². The highest BCUT2D eigenvalue weighted by Gasteiger charge is 2.09. The molecule has 0 aliphatic heterocycles. The molecule has 0 radical (unpaired) electrons. The van der Waals surface area contributed by atoms with E-state index in [9.17, 15) is 4.79 Å². The van der Waals surface area contributed by atoms with Crippen molar-refractivity contribution in [1.29, 1.82) is 5.41 Å². The maximum absolute atomic E-state index is 12.4. The molecule has 118 valence electrons. The summed E-state index contributed by atoms with van der Waals surface area (Å²) < 4.78 is 0. The van der Waals surface area contributed by atoms with Crippen molar-refractivity contribution >= 4 is 11.5 Å². The number of allylic oxidation sites excluding steroid dienone is 2. The summed E-state index contributed by atoms with van der Waals surface area (Å²) in [6, 6.07) is 19.0. The van der Waals surface area contributed by atoms with E-state index < -0.39 is 0 Å². The Labute approximate surface area is 137 Å². The Morgan fingerprint density at radius 3 is 2.04 bits per heavy atom. The van der Waals surface area contributed by atoms with E-state index in [1.807, 2.05) is 62.4 Å². The maximum Gasteiger partial charge on any atom is 0.187 e. The number of hydrogen-bond donors (Lipinski definition) is 2. The first-order valence-corrected chi connectivity index (χ1v) is 7.75. The Bertz CT molecular complexity index is 688. The molecule has 0 aliphatic rings. The molecule has 0 amide bonds. The van der Waals surface area contributed by atoms with Crippen LogP contribution in [0.3, 0.4) is 0 Å². The molecule has 2 N–H and O–H groups in total. The Morgan fingerprint density at radius 2 is 1.52 bits per heavy atom. The third-order valence-electron chi connectivity index (χ3n) is 3.33. The zero-order valence-corrected chi connectivity index (χ0v) is 13.5. The van der Waals surface area contributed by atoms with Crippen molar-refractivity contribution in [2.75, 3.05) is 0 Å². The second-order valence-corrected chi connectivity index (χ2v) is 5.72. The Hall–Kier alpha value is -2.68. The summed E-state index contributed by atoms with van der Waals surface area (Å²) in [6.07, 6.45) is 2.01. The Morgan fingerprint density at radius 1 is 1.00 bits per heavy atom. The minimum Gasteiger partial charge on any atom is -0.386 e. The van der Waals surface area contributed by atoms with Crippen LogP contribution in [0.4, 0.5) is 0 Å². The molecule has 0 saturated heterocycles. The fourth-order valence-electron chi connectivity index (χ4n) is 2.29. The summed E-state index contributed by atoms with van der Waals surface area (Å²) >= 11 is 0. The molecule has 3 nitrogen and oxygen atoms in total. The van der Waals surface area contributed by atoms with Gasteiger partial charge in [0, 0.05) is 35.5 Å². The second-order valence-electron chi connectivity index (χ2n) is 5.72. The minimum atomic E-state index is -0.0467. The molecule has 0 spiro atoms. The van der Waals surface area contributed by atoms with Gasteiger partial charge in [-0.1, -0.05) is 60.7 Å². The average molecular weight is 306 g/mol. The van der Waals surface area contributed by atoms with Crippen molar-refractivity contribution in [2.24, 2.45) is 0 Å². The van der Waals surface area contributed by atoms with Crippen molar-refractivity contribution in [3.8, 4) is 0 Å². The molecule has 2 aromatic carbocycles. The van der Waals surface area contributed by atoms with Crippen LogP contribution in [0.15, 0.2) is 72.4 Å². The summed E-state index contributed by atoms with van der Waals surface area (Å²) in [7, 11) is 0. The number of carbonyl (C=O) groups excluding carboxylic acids is 1. The molecule has 0 aromatic heterocycles. The number of nitrogens with one attached hydrogen (secondary N) is 2. The third-order valence-corrected chi connectivity index (χ3v) is 3.33. The molecule has 3 heteroatoms. The van der Waals surface area contributed by atoms with E-state index in [1.54, 1.807) is 18.2 Å². The Kier molecular flexibility index (Phi) is 5.87. The number of carbonyl (C=O) groups is 1. The van der Waals surface area contributed by atoms with Crippen LogP contribution in [-0.2, 0) is 0 Å². The van der Waals surface area contributed by atoms with Crippen molar-refractivity contribution < 1.29 is 4.79 Å². The van der Waals surface area contributed by atoms with Gasteiger partial charge in [-0.05, 0) is 19.4 Å². The van der Waals surface area contributed by atoms with Gasteiger partial charge in [0.25, 0.3) is 0 Å². The van der Waals surface area contributed by atoms with E-state index in [2.05, 4.69) is 5.32 Å². The summed E-state index contributed by atoms with van der Waals surface area (Å²) in [5, 5.41) is 11.5. The first-order valence-electron chi connectivity index (χ1n) is 7.75. The SMILES string of the molecule is CC(C)N/C(=C\C(=O)c1ccccc1)CC(=N)c1ccccc1. The highest BCUT2D eigenvalue weighted by atomic mass is 16.1. The monoisotopic (exact) mass is 306 g/mol. The molecule has 0 bridgehead atoms. The van der Waals surface area contributed by atoms with Gasteiger partial charge in [0.2, 0.25) is 0 Å². The minimum absolute atomic E-state index is 0.0467. The summed E-state index contributed by atoms with van der Waals surface area (Å²) in [5.74, 6) is -0.0467. The molecule has 0 atom stereocenters. The van der Waals surface area contributed by atoms with Gasteiger partial charge in [0.15, 0.2) is 5.78 Å². The van der Waals surface area contributed by atoms with Crippen LogP contribution in [-0.4, -0.2) is 17.5 Å². The van der Waals surface area contributed by atoms with Gasteiger partial charge in [-0.3, -0.25) is 4.79 Å². The zero-order chi connectivity index (χ0) is 16.7. The quantitative estimate of drug-likeness (QED) is 0.457. The average Bonchev–Trinajstić information content (AvgIpc) is 2.55. The van der Waals surface area contributed by atoms with Gasteiger partial charge in [-0.15, -0.1) is 0 Å². The molecular formula is C20H22N2O. The second kappa shape index (κ2) is 8.08. The molecule has 2 aromatic rings. The lowest BCUT2D eigenvalue weighted by atomic mass is 10.0. The molecule has 2 rings (SSSR count). The standard InChI is InChI=1S/C20H22N2O/c1-15(2)22-18(13-19(21)16-9-5-3-6-10-16)14-20(23)17-11-7-4-8-12-17/h3-12,14-15,21-22H,13H2,1-2H3/b18-14-,21-19?. The van der Waals surface area contributed by atoms with Crippen LogP contribution >= 0.6 is 0 Å². The highest BCUT2D eigenvalue weighted by molar-refractivity contribution is 6.06. The van der Waals surface area contributed by atoms with Crippen LogP contribution in [0.2, 0.25) is 0 Å². The van der Waals surface area contributed by atoms with E-state index in [0.29, 0.717) is 17.7 Å². The molecule has 0 heterocycles. The molecule has 0 unspecified atom stereocenters. The number of ketones is 1. The van der Waals surface area contributed by atoms with Crippen molar-refractivity contribution in [2.45, 2.75) is 26.3 Å². The molecule has 0 saturated carbocycles. The van der Waals surface area contributed by atoms with E-state index >= 15 is 0 Å². The smallest absolute Gasteiger partial charge is 0.187 e. The predicted octanol–water partition coefficient (Wildman–Crippen LogP) is 4.21. The van der Waals surface area contributed by atoms with Gasteiger partial charge in [-0.25, -0.2) is 0 Å². The lowest BCUT2D eigenvalue weighted by Crippen LogP contribution is -2.24. The predicted molar refractivity (Wildman–Crippen MR) is 95.0 cm³/mol.